The molecule has 0 saturated heterocycles. The van der Waals surface area contributed by atoms with E-state index in [0.717, 1.165) is 17.0 Å². The van der Waals surface area contributed by atoms with Gasteiger partial charge in [-0.2, -0.15) is 13.2 Å². The van der Waals surface area contributed by atoms with E-state index in [0.29, 0.717) is 5.69 Å². The molecular formula is C22H18F3N9O4. The van der Waals surface area contributed by atoms with Crippen LogP contribution < -0.4 is 16.6 Å². The third-order valence-electron chi connectivity index (χ3n) is 5.77. The molecule has 13 nitrogen and oxygen atoms in total. The molecule has 5 heterocycles. The predicted octanol–water partition coefficient (Wildman–Crippen LogP) is 1.94. The fraction of sp³-hybridized carbons (Fsp3) is 0.227. The van der Waals surface area contributed by atoms with Crippen molar-refractivity contribution in [3.8, 4) is 11.3 Å². The lowest BCUT2D eigenvalue weighted by Crippen LogP contribution is -2.44. The molecule has 0 unspecified atom stereocenters. The number of hydrogen-bond acceptors (Lipinski definition) is 8. The molecule has 5 aromatic heterocycles. The lowest BCUT2D eigenvalue weighted by molar-refractivity contribution is -0.145. The van der Waals surface area contributed by atoms with Crippen LogP contribution in [0.15, 0.2) is 57.0 Å². The normalized spacial score (nSPS) is 12.7. The molecule has 196 valence electrons. The van der Waals surface area contributed by atoms with E-state index in [1.165, 1.54) is 47.7 Å². The molecule has 38 heavy (non-hydrogen) atoms. The first-order valence-electron chi connectivity index (χ1n) is 11.0. The number of hydrogen-bond donors (Lipinski definition) is 2. The highest BCUT2D eigenvalue weighted by Gasteiger charge is 2.34. The highest BCUT2D eigenvalue weighted by Crippen LogP contribution is 2.27. The topological polar surface area (TPSA) is 159 Å². The van der Waals surface area contributed by atoms with Gasteiger partial charge in [-0.3, -0.25) is 28.5 Å². The second-order valence-electron chi connectivity index (χ2n) is 8.27. The molecule has 1 amide bonds. The van der Waals surface area contributed by atoms with Gasteiger partial charge in [0.2, 0.25) is 11.7 Å². The Balaban J connectivity index is 1.39. The molecule has 5 rings (SSSR count). The molecule has 5 aromatic rings. The van der Waals surface area contributed by atoms with E-state index in [2.05, 4.69) is 30.5 Å². The van der Waals surface area contributed by atoms with Crippen LogP contribution in [0.4, 0.5) is 19.0 Å². The monoisotopic (exact) mass is 529 g/mol. The van der Waals surface area contributed by atoms with E-state index < -0.39 is 35.2 Å². The highest BCUT2D eigenvalue weighted by molar-refractivity contribution is 5.94. The molecule has 0 fully saturated rings. The summed E-state index contributed by atoms with van der Waals surface area (Å²) in [5.41, 5.74) is -0.00360. The van der Waals surface area contributed by atoms with Crippen molar-refractivity contribution in [2.24, 2.45) is 7.05 Å². The maximum atomic E-state index is 13.1. The molecule has 0 aromatic carbocycles. The van der Waals surface area contributed by atoms with Gasteiger partial charge in [-0.05, 0) is 19.1 Å². The van der Waals surface area contributed by atoms with Crippen LogP contribution in [0, 0.1) is 0 Å². The Kier molecular flexibility index (Phi) is 5.93. The molecule has 0 aliphatic carbocycles. The lowest BCUT2D eigenvalue weighted by atomic mass is 10.2. The number of H-pyrrole nitrogens is 1. The standard InChI is InChI=1S/C22H18F3N9O4/c1-11(34-16-17(30-34)32(2)21(37)33(19(16)36)10-13-6-7-38-31-13)18(35)29-15-5-3-4-14(28-15)12-8-26-20(27-9-12)22(23,24)25/h3-9,11,30H,10H2,1-2H3,(H,28,29,35)/t11-/m0/s1. The Morgan fingerprint density at radius 1 is 1.18 bits per heavy atom. The van der Waals surface area contributed by atoms with Crippen molar-refractivity contribution in [2.75, 3.05) is 5.32 Å². The zero-order valence-corrected chi connectivity index (χ0v) is 19.7. The van der Waals surface area contributed by atoms with Crippen molar-refractivity contribution >= 4 is 22.9 Å². The second-order valence-corrected chi connectivity index (χ2v) is 8.27. The number of fused-ring (bicyclic) bond motifs is 1. The van der Waals surface area contributed by atoms with Crippen LogP contribution in [0.5, 0.6) is 0 Å². The molecule has 1 atom stereocenters. The number of aryl methyl sites for hydroxylation is 1. The SMILES string of the molecule is C[C@@H](C(=O)Nc1cccc(-c2cnc(C(F)(F)F)nc2)n1)n1[nH]c2c1c(=O)n(Cc1ccon1)c(=O)n2C. The highest BCUT2D eigenvalue weighted by atomic mass is 19.4. The van der Waals surface area contributed by atoms with Gasteiger partial charge in [-0.15, -0.1) is 0 Å². The molecule has 0 bridgehead atoms. The van der Waals surface area contributed by atoms with Crippen molar-refractivity contribution in [1.82, 2.24) is 39.0 Å². The van der Waals surface area contributed by atoms with E-state index in [9.17, 15) is 27.6 Å². The summed E-state index contributed by atoms with van der Waals surface area (Å²) in [5.74, 6) is -1.71. The van der Waals surface area contributed by atoms with Gasteiger partial charge in [0.05, 0.1) is 12.2 Å². The Hall–Kier alpha value is -5.02. The predicted molar refractivity (Wildman–Crippen MR) is 125 cm³/mol. The number of nitrogens with zero attached hydrogens (tertiary/aromatic N) is 7. The third kappa shape index (κ3) is 4.35. The number of carbonyl (C=O) groups is 1. The largest absolute Gasteiger partial charge is 0.451 e. The number of amides is 1. The number of anilines is 1. The number of halogens is 3. The van der Waals surface area contributed by atoms with Crippen molar-refractivity contribution < 1.29 is 22.5 Å². The van der Waals surface area contributed by atoms with Crippen molar-refractivity contribution in [2.45, 2.75) is 25.7 Å². The summed E-state index contributed by atoms with van der Waals surface area (Å²) in [6, 6.07) is 5.17. The third-order valence-corrected chi connectivity index (χ3v) is 5.77. The van der Waals surface area contributed by atoms with E-state index in [4.69, 9.17) is 4.52 Å². The zero-order chi connectivity index (χ0) is 27.2. The summed E-state index contributed by atoms with van der Waals surface area (Å²) in [6.45, 7) is 1.42. The number of alkyl halides is 3. The van der Waals surface area contributed by atoms with E-state index in [1.807, 2.05) is 0 Å². The number of aromatic amines is 1. The Bertz CT molecular complexity index is 1750. The number of pyridine rings is 1. The van der Waals surface area contributed by atoms with Gasteiger partial charge in [-0.25, -0.2) is 19.7 Å². The van der Waals surface area contributed by atoms with E-state index >= 15 is 0 Å². The number of nitrogens with one attached hydrogen (secondary N) is 2. The first-order valence-corrected chi connectivity index (χ1v) is 11.0. The minimum atomic E-state index is -4.67. The maximum Gasteiger partial charge on any atom is 0.451 e. The van der Waals surface area contributed by atoms with Gasteiger partial charge in [0.15, 0.2) is 11.2 Å². The summed E-state index contributed by atoms with van der Waals surface area (Å²) >= 11 is 0. The molecule has 2 N–H and O–H groups in total. The van der Waals surface area contributed by atoms with Crippen LogP contribution in [0.2, 0.25) is 0 Å². The quantitative estimate of drug-likeness (QED) is 0.338. The minimum absolute atomic E-state index is 0.113. The smallest absolute Gasteiger partial charge is 0.364 e. The fourth-order valence-corrected chi connectivity index (χ4v) is 3.74. The van der Waals surface area contributed by atoms with Gasteiger partial charge >= 0.3 is 11.9 Å². The average Bonchev–Trinajstić information content (AvgIpc) is 3.38. The summed E-state index contributed by atoms with van der Waals surface area (Å²) in [6.07, 6.45) is -1.38. The second kappa shape index (κ2) is 9.13. The molecule has 0 aliphatic rings. The van der Waals surface area contributed by atoms with Crippen LogP contribution >= 0.6 is 0 Å². The van der Waals surface area contributed by atoms with Gasteiger partial charge in [0, 0.05) is 31.1 Å². The Morgan fingerprint density at radius 2 is 1.92 bits per heavy atom. The van der Waals surface area contributed by atoms with Crippen LogP contribution in [-0.4, -0.2) is 44.9 Å². The summed E-state index contributed by atoms with van der Waals surface area (Å²) < 4.78 is 46.5. The Labute approximate surface area is 209 Å². The average molecular weight is 529 g/mol. The molecule has 0 saturated carbocycles. The van der Waals surface area contributed by atoms with E-state index in [-0.39, 0.29) is 34.8 Å². The minimum Gasteiger partial charge on any atom is -0.364 e. The number of aromatic nitrogens is 8. The van der Waals surface area contributed by atoms with Gasteiger partial charge in [0.25, 0.3) is 5.56 Å². The number of rotatable bonds is 6. The molecule has 0 aliphatic heterocycles. The van der Waals surface area contributed by atoms with Crippen LogP contribution in [0.3, 0.4) is 0 Å². The van der Waals surface area contributed by atoms with Gasteiger partial charge in [-0.1, -0.05) is 11.2 Å². The van der Waals surface area contributed by atoms with Crippen molar-refractivity contribution in [1.29, 1.82) is 0 Å². The van der Waals surface area contributed by atoms with Crippen molar-refractivity contribution in [3.63, 3.8) is 0 Å². The first-order chi connectivity index (χ1) is 18.0. The van der Waals surface area contributed by atoms with Crippen LogP contribution in [0.1, 0.15) is 24.5 Å². The molecular weight excluding hydrogens is 511 g/mol. The summed E-state index contributed by atoms with van der Waals surface area (Å²) in [4.78, 5) is 49.6. The molecule has 0 radical (unpaired) electrons. The van der Waals surface area contributed by atoms with Crippen LogP contribution in [-0.2, 0) is 24.6 Å². The first kappa shape index (κ1) is 24.7. The van der Waals surface area contributed by atoms with Crippen LogP contribution in [0.25, 0.3) is 22.4 Å². The lowest BCUT2D eigenvalue weighted by Gasteiger charge is -2.23. The maximum absolute atomic E-state index is 13.1. The van der Waals surface area contributed by atoms with Gasteiger partial charge in [0.1, 0.15) is 23.8 Å². The summed E-state index contributed by atoms with van der Waals surface area (Å²) in [5, 5.41) is 9.18. The summed E-state index contributed by atoms with van der Waals surface area (Å²) in [7, 11) is 1.48. The fourth-order valence-electron chi connectivity index (χ4n) is 3.74. The Morgan fingerprint density at radius 3 is 2.58 bits per heavy atom. The zero-order valence-electron chi connectivity index (χ0n) is 19.7. The van der Waals surface area contributed by atoms with E-state index in [1.54, 1.807) is 6.07 Å². The molecule has 16 heteroatoms. The van der Waals surface area contributed by atoms with Gasteiger partial charge < -0.3 is 9.84 Å². The molecule has 0 spiro atoms. The number of carbonyl (C=O) groups excluding carboxylic acids is 1. The van der Waals surface area contributed by atoms with Crippen molar-refractivity contribution in [3.05, 3.63) is 75.3 Å².